The highest BCUT2D eigenvalue weighted by Crippen LogP contribution is 2.35. The van der Waals surface area contributed by atoms with Crippen molar-refractivity contribution in [3.05, 3.63) is 68.4 Å². The number of carbonyl (C=O) groups excluding carboxylic acids is 1. The summed E-state index contributed by atoms with van der Waals surface area (Å²) in [5.74, 6) is 1.86. The number of ether oxygens (including phenoxy) is 4. The van der Waals surface area contributed by atoms with Gasteiger partial charge in [0.15, 0.2) is 23.1 Å². The molecule has 0 radical (unpaired) electrons. The molecule has 0 bridgehead atoms. The standard InChI is InChI=1S/C24H22N4O8/c1-13-25-22(36-26-13)6-7-27-23(30)15-9-20-21(35-12-34-20)10-17(15)28(24(27)31)11-18(29)16-8-14(32-2)4-5-19(16)33-3/h4-5,8-10H,6-7,11-12H2,1-3H3. The number of rotatable bonds is 8. The van der Waals surface area contributed by atoms with Crippen LogP contribution in [0.1, 0.15) is 22.1 Å². The third kappa shape index (κ3) is 4.06. The van der Waals surface area contributed by atoms with E-state index in [2.05, 4.69) is 10.1 Å². The lowest BCUT2D eigenvalue weighted by Crippen LogP contribution is -2.41. The van der Waals surface area contributed by atoms with E-state index < -0.39 is 17.0 Å². The first-order valence-corrected chi connectivity index (χ1v) is 11.0. The number of nitrogens with zero attached hydrogens (tertiary/aromatic N) is 4. The minimum Gasteiger partial charge on any atom is -0.497 e. The van der Waals surface area contributed by atoms with Crippen molar-refractivity contribution in [1.29, 1.82) is 0 Å². The first-order chi connectivity index (χ1) is 17.4. The van der Waals surface area contributed by atoms with Gasteiger partial charge in [-0.05, 0) is 31.2 Å². The number of benzene rings is 2. The molecule has 2 aromatic heterocycles. The van der Waals surface area contributed by atoms with Crippen molar-refractivity contribution < 1.29 is 28.3 Å². The number of fused-ring (bicyclic) bond motifs is 2. The van der Waals surface area contributed by atoms with Gasteiger partial charge >= 0.3 is 5.69 Å². The fourth-order valence-corrected chi connectivity index (χ4v) is 4.07. The van der Waals surface area contributed by atoms with E-state index in [1.165, 1.54) is 37.0 Å². The number of Topliss-reactive ketones (excluding diaryl/α,β-unsaturated/α-hetero) is 1. The Kier molecular flexibility index (Phi) is 5.92. The average molecular weight is 494 g/mol. The van der Waals surface area contributed by atoms with Gasteiger partial charge in [0.25, 0.3) is 5.56 Å². The molecular formula is C24H22N4O8. The fourth-order valence-electron chi connectivity index (χ4n) is 4.07. The maximum atomic E-state index is 13.6. The number of carbonyl (C=O) groups is 1. The van der Waals surface area contributed by atoms with Crippen LogP contribution in [0.25, 0.3) is 10.9 Å². The van der Waals surface area contributed by atoms with Crippen LogP contribution >= 0.6 is 0 Å². The molecular weight excluding hydrogens is 472 g/mol. The van der Waals surface area contributed by atoms with Gasteiger partial charge in [-0.1, -0.05) is 5.16 Å². The third-order valence-electron chi connectivity index (χ3n) is 5.85. The van der Waals surface area contributed by atoms with Crippen LogP contribution in [0.5, 0.6) is 23.0 Å². The summed E-state index contributed by atoms with van der Waals surface area (Å²) in [5, 5.41) is 3.93. The Morgan fingerprint density at radius 1 is 1.06 bits per heavy atom. The summed E-state index contributed by atoms with van der Waals surface area (Å²) in [6.07, 6.45) is 0.156. The van der Waals surface area contributed by atoms with E-state index >= 15 is 0 Å². The zero-order valence-electron chi connectivity index (χ0n) is 19.8. The lowest BCUT2D eigenvalue weighted by molar-refractivity contribution is 0.0968. The molecule has 4 aromatic rings. The van der Waals surface area contributed by atoms with Crippen molar-refractivity contribution in [2.45, 2.75) is 26.4 Å². The van der Waals surface area contributed by atoms with Gasteiger partial charge in [-0.25, -0.2) is 4.79 Å². The summed E-state index contributed by atoms with van der Waals surface area (Å²) >= 11 is 0. The van der Waals surface area contributed by atoms with Crippen LogP contribution in [0.3, 0.4) is 0 Å². The minimum absolute atomic E-state index is 0.0134. The molecule has 0 N–H and O–H groups in total. The lowest BCUT2D eigenvalue weighted by Gasteiger charge is -2.15. The predicted octanol–water partition coefficient (Wildman–Crippen LogP) is 1.73. The molecule has 0 aliphatic carbocycles. The van der Waals surface area contributed by atoms with Gasteiger partial charge in [0.05, 0.1) is 37.2 Å². The number of ketones is 1. The second kappa shape index (κ2) is 9.21. The maximum Gasteiger partial charge on any atom is 0.331 e. The van der Waals surface area contributed by atoms with E-state index in [9.17, 15) is 14.4 Å². The molecule has 5 rings (SSSR count). The largest absolute Gasteiger partial charge is 0.497 e. The predicted molar refractivity (Wildman–Crippen MR) is 125 cm³/mol. The first kappa shape index (κ1) is 23.1. The highest BCUT2D eigenvalue weighted by Gasteiger charge is 2.23. The Balaban J connectivity index is 1.63. The smallest absolute Gasteiger partial charge is 0.331 e. The summed E-state index contributed by atoms with van der Waals surface area (Å²) < 4.78 is 28.8. The molecule has 0 saturated carbocycles. The van der Waals surface area contributed by atoms with Gasteiger partial charge in [0.2, 0.25) is 12.7 Å². The van der Waals surface area contributed by atoms with Crippen molar-refractivity contribution >= 4 is 16.7 Å². The van der Waals surface area contributed by atoms with Crippen LogP contribution in [0.15, 0.2) is 44.4 Å². The number of hydrogen-bond donors (Lipinski definition) is 0. The van der Waals surface area contributed by atoms with Crippen LogP contribution in [-0.2, 0) is 19.5 Å². The third-order valence-corrected chi connectivity index (χ3v) is 5.85. The van der Waals surface area contributed by atoms with E-state index in [0.29, 0.717) is 28.8 Å². The molecule has 0 saturated heterocycles. The quantitative estimate of drug-likeness (QED) is 0.333. The van der Waals surface area contributed by atoms with Gasteiger partial charge in [0.1, 0.15) is 11.5 Å². The molecule has 12 nitrogen and oxygen atoms in total. The van der Waals surface area contributed by atoms with Gasteiger partial charge in [-0.2, -0.15) is 4.98 Å². The van der Waals surface area contributed by atoms with Crippen LogP contribution in [0.2, 0.25) is 0 Å². The van der Waals surface area contributed by atoms with Crippen LogP contribution in [0.4, 0.5) is 0 Å². The van der Waals surface area contributed by atoms with E-state index in [1.54, 1.807) is 19.1 Å². The second-order valence-electron chi connectivity index (χ2n) is 8.02. The van der Waals surface area contributed by atoms with Crippen LogP contribution < -0.4 is 30.2 Å². The Bertz CT molecular complexity index is 1600. The van der Waals surface area contributed by atoms with E-state index in [0.717, 1.165) is 4.57 Å². The SMILES string of the molecule is COc1ccc(OC)c(C(=O)Cn2c(=O)n(CCc3nc(C)no3)c(=O)c3cc4c(cc32)OCO4)c1. The summed E-state index contributed by atoms with van der Waals surface area (Å²) in [6, 6.07) is 7.86. The maximum absolute atomic E-state index is 13.6. The van der Waals surface area contributed by atoms with Gasteiger partial charge in [0, 0.05) is 19.0 Å². The van der Waals surface area contributed by atoms with Gasteiger partial charge in [-0.15, -0.1) is 0 Å². The Hall–Kier alpha value is -4.61. The van der Waals surface area contributed by atoms with Crippen molar-refractivity contribution in [2.75, 3.05) is 21.0 Å². The molecule has 186 valence electrons. The summed E-state index contributed by atoms with van der Waals surface area (Å²) in [7, 11) is 2.93. The van der Waals surface area contributed by atoms with E-state index in [-0.39, 0.29) is 48.7 Å². The zero-order valence-corrected chi connectivity index (χ0v) is 19.8. The molecule has 0 fully saturated rings. The molecule has 1 aliphatic rings. The first-order valence-electron chi connectivity index (χ1n) is 11.0. The molecule has 0 atom stereocenters. The van der Waals surface area contributed by atoms with Crippen molar-refractivity contribution in [1.82, 2.24) is 19.3 Å². The van der Waals surface area contributed by atoms with Gasteiger partial charge in [-0.3, -0.25) is 18.7 Å². The molecule has 0 unspecified atom stereocenters. The number of hydrogen-bond acceptors (Lipinski definition) is 10. The lowest BCUT2D eigenvalue weighted by atomic mass is 10.1. The fraction of sp³-hybridized carbons (Fsp3) is 0.292. The average Bonchev–Trinajstić information content (AvgIpc) is 3.53. The molecule has 12 heteroatoms. The monoisotopic (exact) mass is 494 g/mol. The molecule has 2 aromatic carbocycles. The minimum atomic E-state index is -0.669. The molecule has 36 heavy (non-hydrogen) atoms. The Morgan fingerprint density at radius 3 is 2.53 bits per heavy atom. The van der Waals surface area contributed by atoms with Crippen molar-refractivity contribution in [3.63, 3.8) is 0 Å². The number of methoxy groups -OCH3 is 2. The summed E-state index contributed by atoms with van der Waals surface area (Å²) in [4.78, 5) is 44.4. The number of aryl methyl sites for hydroxylation is 2. The topological polar surface area (TPSA) is 137 Å². The Labute approximate surface area is 203 Å². The molecule has 0 spiro atoms. The molecule has 3 heterocycles. The van der Waals surface area contributed by atoms with Crippen molar-refractivity contribution in [2.24, 2.45) is 0 Å². The van der Waals surface area contributed by atoms with E-state index in [4.69, 9.17) is 23.5 Å². The normalized spacial score (nSPS) is 12.2. The van der Waals surface area contributed by atoms with Crippen LogP contribution in [-0.4, -0.2) is 46.1 Å². The number of aromatic nitrogens is 4. The summed E-state index contributed by atoms with van der Waals surface area (Å²) in [5.41, 5.74) is -0.726. The highest BCUT2D eigenvalue weighted by molar-refractivity contribution is 5.99. The highest BCUT2D eigenvalue weighted by atomic mass is 16.7. The van der Waals surface area contributed by atoms with Crippen molar-refractivity contribution in [3.8, 4) is 23.0 Å². The second-order valence-corrected chi connectivity index (χ2v) is 8.02. The summed E-state index contributed by atoms with van der Waals surface area (Å²) in [6.45, 7) is 1.27. The molecule has 1 aliphatic heterocycles. The van der Waals surface area contributed by atoms with Gasteiger partial charge < -0.3 is 23.5 Å². The van der Waals surface area contributed by atoms with Crippen LogP contribution in [0, 0.1) is 6.92 Å². The van der Waals surface area contributed by atoms with E-state index in [1.807, 2.05) is 0 Å². The Morgan fingerprint density at radius 2 is 1.83 bits per heavy atom. The zero-order chi connectivity index (χ0) is 25.4. The molecule has 0 amide bonds.